The van der Waals surface area contributed by atoms with Crippen molar-refractivity contribution in [2.75, 3.05) is 88.3 Å². The number of carbonyl (C=O) groups excluding carboxylic acids is 3. The molecule has 3 saturated heterocycles. The molecule has 7 heterocycles. The Morgan fingerprint density at radius 3 is 2.55 bits per heavy atom. The number of methoxy groups -OCH3 is 1. The Balaban J connectivity index is 0.878. The van der Waals surface area contributed by atoms with Crippen molar-refractivity contribution in [2.45, 2.75) is 38.1 Å². The lowest BCUT2D eigenvalue weighted by Gasteiger charge is -2.39. The van der Waals surface area contributed by atoms with Crippen LogP contribution in [0.4, 0.5) is 23.1 Å². The largest absolute Gasteiger partial charge is 0.478 e. The number of amides is 3. The molecular formula is C41H49ClN12O6. The van der Waals surface area contributed by atoms with Gasteiger partial charge in [-0.05, 0) is 43.4 Å². The van der Waals surface area contributed by atoms with Crippen LogP contribution in [0.2, 0.25) is 5.02 Å². The molecule has 3 fully saturated rings. The average Bonchev–Trinajstić information content (AvgIpc) is 3.59. The maximum atomic E-state index is 13.2. The number of piperidine rings is 2. The lowest BCUT2D eigenvalue weighted by molar-refractivity contribution is -0.134. The van der Waals surface area contributed by atoms with Crippen molar-refractivity contribution >= 4 is 74.4 Å². The van der Waals surface area contributed by atoms with Crippen LogP contribution < -0.4 is 36.0 Å². The number of halogens is 1. The van der Waals surface area contributed by atoms with Gasteiger partial charge < -0.3 is 29.9 Å². The first kappa shape index (κ1) is 40.9. The number of rotatable bonds is 13. The lowest BCUT2D eigenvalue weighted by atomic mass is 9.92. The van der Waals surface area contributed by atoms with E-state index in [2.05, 4.69) is 46.7 Å². The van der Waals surface area contributed by atoms with Crippen LogP contribution in [0.1, 0.15) is 37.3 Å². The molecule has 1 unspecified atom stereocenters. The molecule has 0 spiro atoms. The lowest BCUT2D eigenvalue weighted by Crippen LogP contribution is -2.49. The first-order valence-electron chi connectivity index (χ1n) is 20.3. The second kappa shape index (κ2) is 17.8. The van der Waals surface area contributed by atoms with Gasteiger partial charge in [0.25, 0.3) is 11.5 Å². The number of hydrogen-bond donors (Lipinski definition) is 3. The molecular weight excluding hydrogens is 792 g/mol. The molecule has 0 saturated carbocycles. The molecule has 3 aliphatic rings. The van der Waals surface area contributed by atoms with Gasteiger partial charge >= 0.3 is 0 Å². The number of hydrogen-bond acceptors (Lipinski definition) is 14. The summed E-state index contributed by atoms with van der Waals surface area (Å²) in [4.78, 5) is 70.6. The fraction of sp³-hybridized carbons (Fsp3) is 0.463. The van der Waals surface area contributed by atoms with Gasteiger partial charge in [-0.25, -0.2) is 9.97 Å². The van der Waals surface area contributed by atoms with Crippen LogP contribution in [0.5, 0.6) is 5.75 Å². The molecule has 0 bridgehead atoms. The molecule has 60 heavy (non-hydrogen) atoms. The Morgan fingerprint density at radius 2 is 1.80 bits per heavy atom. The van der Waals surface area contributed by atoms with E-state index in [1.165, 1.54) is 11.6 Å². The summed E-state index contributed by atoms with van der Waals surface area (Å²) < 4.78 is 14.1. The van der Waals surface area contributed by atoms with E-state index < -0.39 is 11.5 Å². The van der Waals surface area contributed by atoms with Crippen LogP contribution in [-0.2, 0) is 32.7 Å². The molecule has 1 aromatic carbocycles. The molecule has 1 atom stereocenters. The Kier molecular flexibility index (Phi) is 12.1. The molecule has 4 aromatic heterocycles. The van der Waals surface area contributed by atoms with Gasteiger partial charge in [0.05, 0.1) is 54.0 Å². The predicted octanol–water partition coefficient (Wildman–Crippen LogP) is 2.80. The van der Waals surface area contributed by atoms with Crippen LogP contribution in [0.3, 0.4) is 0 Å². The molecule has 3 N–H and O–H groups in total. The zero-order chi connectivity index (χ0) is 41.9. The molecule has 19 heteroatoms. The van der Waals surface area contributed by atoms with Gasteiger partial charge in [-0.15, -0.1) is 0 Å². The zero-order valence-electron chi connectivity index (χ0n) is 33.9. The van der Waals surface area contributed by atoms with E-state index in [0.29, 0.717) is 52.3 Å². The number of aromatic nitrogens is 6. The summed E-state index contributed by atoms with van der Waals surface area (Å²) in [6.45, 7) is 6.44. The van der Waals surface area contributed by atoms with Crippen molar-refractivity contribution in [1.82, 2.24) is 44.8 Å². The van der Waals surface area contributed by atoms with Crippen molar-refractivity contribution in [1.29, 1.82) is 0 Å². The Morgan fingerprint density at radius 1 is 1.00 bits per heavy atom. The van der Waals surface area contributed by atoms with E-state index in [-0.39, 0.29) is 43.2 Å². The number of benzene rings is 1. The van der Waals surface area contributed by atoms with Crippen molar-refractivity contribution in [2.24, 2.45) is 13.0 Å². The number of pyridine rings is 2. The topological polar surface area (TPSA) is 194 Å². The summed E-state index contributed by atoms with van der Waals surface area (Å²) in [7, 11) is 4.98. The molecule has 3 amide bonds. The van der Waals surface area contributed by atoms with Gasteiger partial charge in [-0.2, -0.15) is 10.1 Å². The van der Waals surface area contributed by atoms with E-state index >= 15 is 0 Å². The van der Waals surface area contributed by atoms with Crippen LogP contribution in [-0.4, -0.2) is 125 Å². The Labute approximate surface area is 351 Å². The highest BCUT2D eigenvalue weighted by Crippen LogP contribution is 2.36. The van der Waals surface area contributed by atoms with E-state index in [4.69, 9.17) is 31.2 Å². The number of likely N-dealkylation sites (N-methyl/N-ethyl adjacent to an activating group) is 1. The van der Waals surface area contributed by atoms with Gasteiger partial charge in [0.2, 0.25) is 17.8 Å². The quantitative estimate of drug-likeness (QED) is 0.147. The molecule has 0 radical (unpaired) electrons. The van der Waals surface area contributed by atoms with E-state index in [9.17, 15) is 19.2 Å². The molecule has 18 nitrogen and oxygen atoms in total. The van der Waals surface area contributed by atoms with Gasteiger partial charge in [0.15, 0.2) is 18.2 Å². The van der Waals surface area contributed by atoms with Crippen LogP contribution in [0, 0.1) is 5.92 Å². The maximum absolute atomic E-state index is 13.2. The fourth-order valence-electron chi connectivity index (χ4n) is 8.41. The van der Waals surface area contributed by atoms with Crippen LogP contribution in [0.15, 0.2) is 47.5 Å². The van der Waals surface area contributed by atoms with Crippen molar-refractivity contribution in [3.8, 4) is 5.75 Å². The second-order valence-corrected chi connectivity index (χ2v) is 15.9. The number of fused-ring (bicyclic) bond motifs is 2. The normalized spacial score (nSPS) is 18.0. The minimum atomic E-state index is -0.429. The van der Waals surface area contributed by atoms with E-state index in [0.717, 1.165) is 80.9 Å². The Bertz CT molecular complexity index is 2480. The number of imide groups is 1. The summed E-state index contributed by atoms with van der Waals surface area (Å²) in [6.07, 6.45) is 6.14. The highest BCUT2D eigenvalue weighted by molar-refractivity contribution is 6.33. The first-order chi connectivity index (χ1) is 29.1. The van der Waals surface area contributed by atoms with Crippen molar-refractivity contribution < 1.29 is 23.9 Å². The van der Waals surface area contributed by atoms with E-state index in [1.54, 1.807) is 25.6 Å². The summed E-state index contributed by atoms with van der Waals surface area (Å²) in [5.74, 6) is 0.313. The number of para-hydroxylation sites is 1. The number of nitrogens with zero attached hydrogens (tertiary/aromatic N) is 9. The predicted molar refractivity (Wildman–Crippen MR) is 227 cm³/mol. The molecule has 0 aliphatic carbocycles. The third-order valence-corrected chi connectivity index (χ3v) is 11.9. The maximum Gasteiger partial charge on any atom is 0.294 e. The molecule has 3 aliphatic heterocycles. The third-order valence-electron chi connectivity index (χ3n) is 11.6. The van der Waals surface area contributed by atoms with Crippen molar-refractivity contribution in [3.05, 3.63) is 63.8 Å². The average molecular weight is 841 g/mol. The first-order valence-corrected chi connectivity index (χ1v) is 20.6. The number of carbonyl (C=O) groups is 3. The van der Waals surface area contributed by atoms with Gasteiger partial charge in [-0.3, -0.25) is 38.6 Å². The summed E-state index contributed by atoms with van der Waals surface area (Å²) in [5.41, 5.74) is 3.51. The van der Waals surface area contributed by atoms with Crippen molar-refractivity contribution in [3.63, 3.8) is 0 Å². The van der Waals surface area contributed by atoms with Gasteiger partial charge in [0, 0.05) is 84.2 Å². The summed E-state index contributed by atoms with van der Waals surface area (Å²) >= 11 is 6.59. The van der Waals surface area contributed by atoms with Gasteiger partial charge in [-0.1, -0.05) is 23.7 Å². The molecule has 316 valence electrons. The number of aryl methyl sites for hydroxylation is 1. The SMILES string of the molecule is CNC(=O)COc1cc2cc(Nc3nc(N4CCN(CC5CCN(c6cccc7c(C8CCC(=O)NC8=O)nn(C)c67)CC5)CC4)ncc3Cl)cnc2n(CCOC)c1=O. The number of anilines is 4. The van der Waals surface area contributed by atoms with Crippen LogP contribution >= 0.6 is 11.6 Å². The number of piperazine rings is 1. The van der Waals surface area contributed by atoms with Gasteiger partial charge in [0.1, 0.15) is 10.7 Å². The fourth-order valence-corrected chi connectivity index (χ4v) is 8.55. The third kappa shape index (κ3) is 8.57. The monoisotopic (exact) mass is 840 g/mol. The highest BCUT2D eigenvalue weighted by Gasteiger charge is 2.33. The minimum absolute atomic E-state index is 0.0233. The number of ether oxygens (including phenoxy) is 2. The van der Waals surface area contributed by atoms with E-state index in [1.807, 2.05) is 29.9 Å². The smallest absolute Gasteiger partial charge is 0.294 e. The second-order valence-electron chi connectivity index (χ2n) is 15.5. The summed E-state index contributed by atoms with van der Waals surface area (Å²) in [6, 6.07) is 9.60. The molecule has 8 rings (SSSR count). The Hall–Kier alpha value is -5.85. The van der Waals surface area contributed by atoms with Crippen LogP contribution in [0.25, 0.3) is 21.9 Å². The standard InChI is InChI=1S/C41H49ClN12O6/c1-43-34(56)24-60-32-20-26-19-27(21-44-38(26)54(40(32)58)17-18-59-3)46-37-30(42)22-45-41(48-37)53-15-13-51(14-16-53)23-25-9-11-52(12-10-25)31-6-4-5-28-35(49-50(2)36(28)31)29-7-8-33(55)47-39(29)57/h4-6,19-22,25,29H,7-18,23-24H2,1-3H3,(H,43,56)(H,45,46,48)(H,47,55,57). The zero-order valence-corrected chi connectivity index (χ0v) is 34.7. The number of nitrogens with one attached hydrogen (secondary N) is 3. The molecule has 5 aromatic rings. The minimum Gasteiger partial charge on any atom is -0.478 e. The summed E-state index contributed by atoms with van der Waals surface area (Å²) in [5, 5.41) is 15.0. The highest BCUT2D eigenvalue weighted by atomic mass is 35.5.